The predicted octanol–water partition coefficient (Wildman–Crippen LogP) is 2.94. The Balaban J connectivity index is 2.19. The molecule has 0 spiro atoms. The van der Waals surface area contributed by atoms with Crippen molar-refractivity contribution in [3.63, 3.8) is 0 Å². The molecule has 1 aliphatic carbocycles. The normalized spacial score (nSPS) is 26.2. The minimum atomic E-state index is -0.703. The highest BCUT2D eigenvalue weighted by molar-refractivity contribution is 5.67. The number of hydrogen-bond acceptors (Lipinski definition) is 3. The zero-order chi connectivity index (χ0) is 14.6. The van der Waals surface area contributed by atoms with Crippen molar-refractivity contribution in [2.75, 3.05) is 0 Å². The first-order valence-electron chi connectivity index (χ1n) is 6.89. The lowest BCUT2D eigenvalue weighted by Gasteiger charge is -2.32. The average molecular weight is 271 g/mol. The molecule has 0 saturated carbocycles. The molecule has 2 rings (SSSR count). The summed E-state index contributed by atoms with van der Waals surface area (Å²) in [7, 11) is 0. The fraction of sp³-hybridized carbons (Fsp3) is 0.353. The third-order valence-electron chi connectivity index (χ3n) is 3.33. The maximum absolute atomic E-state index is 11.3. The van der Waals surface area contributed by atoms with E-state index in [1.165, 1.54) is 12.5 Å². The van der Waals surface area contributed by atoms with Crippen LogP contribution in [0.1, 0.15) is 31.7 Å². The summed E-state index contributed by atoms with van der Waals surface area (Å²) in [6.07, 6.45) is 8.63. The van der Waals surface area contributed by atoms with Crippen molar-refractivity contribution in [3.8, 4) is 0 Å². The molecule has 0 amide bonds. The Morgan fingerprint density at radius 2 is 1.90 bits per heavy atom. The van der Waals surface area contributed by atoms with Gasteiger partial charge in [0.2, 0.25) is 0 Å². The summed E-state index contributed by atoms with van der Waals surface area (Å²) >= 11 is 0. The van der Waals surface area contributed by atoms with Gasteiger partial charge in [-0.15, -0.1) is 0 Å². The lowest BCUT2D eigenvalue weighted by atomic mass is 9.85. The van der Waals surface area contributed by atoms with Crippen LogP contribution < -0.4 is 5.73 Å². The molecule has 1 atom stereocenters. The lowest BCUT2D eigenvalue weighted by molar-refractivity contribution is -0.149. The Morgan fingerprint density at radius 3 is 2.40 bits per heavy atom. The average Bonchev–Trinajstić information content (AvgIpc) is 2.39. The summed E-state index contributed by atoms with van der Waals surface area (Å²) in [4.78, 5) is 11.3. The molecule has 0 bridgehead atoms. The van der Waals surface area contributed by atoms with Crippen LogP contribution in [-0.4, -0.2) is 17.6 Å². The van der Waals surface area contributed by atoms with Crippen LogP contribution in [0.4, 0.5) is 0 Å². The van der Waals surface area contributed by atoms with Crippen LogP contribution >= 0.6 is 0 Å². The summed E-state index contributed by atoms with van der Waals surface area (Å²) in [6, 6.07) is 10.2. The van der Waals surface area contributed by atoms with Gasteiger partial charge in [-0.05, 0) is 24.6 Å². The van der Waals surface area contributed by atoms with Gasteiger partial charge in [0.25, 0.3) is 0 Å². The lowest BCUT2D eigenvalue weighted by Crippen LogP contribution is -2.37. The largest absolute Gasteiger partial charge is 0.451 e. The van der Waals surface area contributed by atoms with Crippen LogP contribution in [0.2, 0.25) is 0 Å². The number of nitrogens with two attached hydrogens (primary N) is 1. The standard InChI is InChI=1S/C17H21NO2/c1-13(18)12-17(20-14(2)19)10-8-16(9-11-17)15-6-4-3-5-7-15/h3-11,13,16H,12,18H2,1-2H3/t13-,16?,17?/m1/s1. The van der Waals surface area contributed by atoms with Crippen molar-refractivity contribution >= 4 is 5.97 Å². The van der Waals surface area contributed by atoms with Crippen molar-refractivity contribution in [1.82, 2.24) is 0 Å². The maximum Gasteiger partial charge on any atom is 0.303 e. The molecule has 1 aromatic carbocycles. The SMILES string of the molecule is CC(=O)OC1(C[C@@H](C)N)C=CC(c2ccccc2)C=C1. The number of benzene rings is 1. The minimum Gasteiger partial charge on any atom is -0.451 e. The Kier molecular flexibility index (Phi) is 4.40. The number of rotatable bonds is 4. The second kappa shape index (κ2) is 6.06. The van der Waals surface area contributed by atoms with Crippen LogP contribution in [0.3, 0.4) is 0 Å². The monoisotopic (exact) mass is 271 g/mol. The number of carbonyl (C=O) groups is 1. The Labute approximate surface area is 120 Å². The Hall–Kier alpha value is -1.87. The molecule has 106 valence electrons. The highest BCUT2D eigenvalue weighted by atomic mass is 16.6. The molecule has 0 heterocycles. The molecule has 1 aromatic rings. The van der Waals surface area contributed by atoms with Crippen molar-refractivity contribution < 1.29 is 9.53 Å². The molecule has 0 unspecified atom stereocenters. The summed E-state index contributed by atoms with van der Waals surface area (Å²) in [5.41, 5.74) is 6.39. The van der Waals surface area contributed by atoms with E-state index < -0.39 is 5.60 Å². The van der Waals surface area contributed by atoms with Gasteiger partial charge in [0.05, 0.1) is 0 Å². The first kappa shape index (κ1) is 14.5. The number of allylic oxidation sites excluding steroid dienone is 2. The summed E-state index contributed by atoms with van der Waals surface area (Å²) in [5, 5.41) is 0. The van der Waals surface area contributed by atoms with Gasteiger partial charge in [0.15, 0.2) is 0 Å². The van der Waals surface area contributed by atoms with Gasteiger partial charge < -0.3 is 10.5 Å². The van der Waals surface area contributed by atoms with Crippen LogP contribution in [0.25, 0.3) is 0 Å². The molecule has 0 aromatic heterocycles. The third-order valence-corrected chi connectivity index (χ3v) is 3.33. The number of esters is 1. The first-order valence-corrected chi connectivity index (χ1v) is 6.89. The van der Waals surface area contributed by atoms with Crippen LogP contribution in [-0.2, 0) is 9.53 Å². The van der Waals surface area contributed by atoms with E-state index in [-0.39, 0.29) is 17.9 Å². The van der Waals surface area contributed by atoms with Crippen LogP contribution in [0, 0.1) is 0 Å². The topological polar surface area (TPSA) is 52.3 Å². The van der Waals surface area contributed by atoms with E-state index in [1.807, 2.05) is 37.3 Å². The van der Waals surface area contributed by atoms with Gasteiger partial charge in [-0.3, -0.25) is 4.79 Å². The minimum absolute atomic E-state index is 0.0445. The number of carbonyl (C=O) groups excluding carboxylic acids is 1. The zero-order valence-corrected chi connectivity index (χ0v) is 12.0. The van der Waals surface area contributed by atoms with Crippen LogP contribution in [0.5, 0.6) is 0 Å². The quantitative estimate of drug-likeness (QED) is 0.676. The van der Waals surface area contributed by atoms with Gasteiger partial charge >= 0.3 is 5.97 Å². The molecule has 0 saturated heterocycles. The van der Waals surface area contributed by atoms with E-state index in [0.29, 0.717) is 6.42 Å². The second-order valence-corrected chi connectivity index (χ2v) is 5.38. The molecule has 0 radical (unpaired) electrons. The highest BCUT2D eigenvalue weighted by Crippen LogP contribution is 2.31. The molecule has 2 N–H and O–H groups in total. The van der Waals surface area contributed by atoms with Gasteiger partial charge in [-0.25, -0.2) is 0 Å². The first-order chi connectivity index (χ1) is 9.51. The molecular formula is C17H21NO2. The van der Waals surface area contributed by atoms with Gasteiger partial charge in [-0.2, -0.15) is 0 Å². The van der Waals surface area contributed by atoms with E-state index >= 15 is 0 Å². The smallest absolute Gasteiger partial charge is 0.303 e. The summed E-state index contributed by atoms with van der Waals surface area (Å²) in [5.74, 6) is -0.0777. The molecule has 20 heavy (non-hydrogen) atoms. The third kappa shape index (κ3) is 3.58. The van der Waals surface area contributed by atoms with Crippen molar-refractivity contribution in [2.45, 2.75) is 37.8 Å². The summed E-state index contributed by atoms with van der Waals surface area (Å²) in [6.45, 7) is 3.34. The van der Waals surface area contributed by atoms with E-state index in [0.717, 1.165) is 0 Å². The molecular weight excluding hydrogens is 250 g/mol. The number of hydrogen-bond donors (Lipinski definition) is 1. The van der Waals surface area contributed by atoms with Crippen LogP contribution in [0.15, 0.2) is 54.6 Å². The Morgan fingerprint density at radius 1 is 1.30 bits per heavy atom. The summed E-state index contributed by atoms with van der Waals surface area (Å²) < 4.78 is 5.48. The van der Waals surface area contributed by atoms with E-state index in [2.05, 4.69) is 24.3 Å². The Bertz CT molecular complexity index is 503. The molecule has 3 nitrogen and oxygen atoms in total. The predicted molar refractivity (Wildman–Crippen MR) is 80.2 cm³/mol. The number of ether oxygens (including phenoxy) is 1. The zero-order valence-electron chi connectivity index (χ0n) is 12.0. The molecule has 1 aliphatic rings. The maximum atomic E-state index is 11.3. The van der Waals surface area contributed by atoms with Gasteiger partial charge in [-0.1, -0.05) is 42.5 Å². The molecule has 0 fully saturated rings. The van der Waals surface area contributed by atoms with Crippen molar-refractivity contribution in [2.24, 2.45) is 5.73 Å². The fourth-order valence-electron chi connectivity index (χ4n) is 2.57. The van der Waals surface area contributed by atoms with Crippen molar-refractivity contribution in [1.29, 1.82) is 0 Å². The second-order valence-electron chi connectivity index (χ2n) is 5.38. The molecule has 0 aliphatic heterocycles. The molecule has 3 heteroatoms. The van der Waals surface area contributed by atoms with Crippen molar-refractivity contribution in [3.05, 3.63) is 60.2 Å². The fourth-order valence-corrected chi connectivity index (χ4v) is 2.57. The van der Waals surface area contributed by atoms with Gasteiger partial charge in [0.1, 0.15) is 5.60 Å². The van der Waals surface area contributed by atoms with E-state index in [9.17, 15) is 4.79 Å². The van der Waals surface area contributed by atoms with E-state index in [4.69, 9.17) is 10.5 Å². The van der Waals surface area contributed by atoms with Gasteiger partial charge in [0, 0.05) is 25.3 Å². The highest BCUT2D eigenvalue weighted by Gasteiger charge is 2.31. The van der Waals surface area contributed by atoms with E-state index in [1.54, 1.807) is 0 Å².